The van der Waals surface area contributed by atoms with E-state index in [1.807, 2.05) is 20.8 Å². The molecular weight excluding hydrogens is 204 g/mol. The molecular formula is C12H20N2O2. The number of aliphatic carboxylic acids is 1. The van der Waals surface area contributed by atoms with E-state index in [0.717, 1.165) is 24.2 Å². The highest BCUT2D eigenvalue weighted by Crippen LogP contribution is 2.21. The molecule has 1 aromatic rings. The average Bonchev–Trinajstić information content (AvgIpc) is 2.50. The Labute approximate surface area is 96.3 Å². The summed E-state index contributed by atoms with van der Waals surface area (Å²) in [5.74, 6) is -0.796. The summed E-state index contributed by atoms with van der Waals surface area (Å²) < 4.78 is 1.67. The van der Waals surface area contributed by atoms with Gasteiger partial charge in [0.15, 0.2) is 0 Å². The standard InChI is InChI=1S/C12H20N2O2/c1-5-7-11(12(15)16)14-9(4)10(6-2)8(3)13-14/h11H,5-7H2,1-4H3,(H,15,16). The van der Waals surface area contributed by atoms with Crippen molar-refractivity contribution in [1.29, 1.82) is 0 Å². The van der Waals surface area contributed by atoms with E-state index in [1.165, 1.54) is 5.56 Å². The molecule has 1 rings (SSSR count). The van der Waals surface area contributed by atoms with E-state index in [9.17, 15) is 9.90 Å². The van der Waals surface area contributed by atoms with E-state index in [2.05, 4.69) is 12.0 Å². The lowest BCUT2D eigenvalue weighted by molar-refractivity contribution is -0.141. The summed E-state index contributed by atoms with van der Waals surface area (Å²) in [6.07, 6.45) is 2.37. The maximum atomic E-state index is 11.2. The van der Waals surface area contributed by atoms with Gasteiger partial charge in [-0.15, -0.1) is 0 Å². The molecule has 16 heavy (non-hydrogen) atoms. The van der Waals surface area contributed by atoms with Gasteiger partial charge in [-0.2, -0.15) is 5.10 Å². The van der Waals surface area contributed by atoms with Gasteiger partial charge in [0.2, 0.25) is 0 Å². The lowest BCUT2D eigenvalue weighted by Gasteiger charge is -2.14. The third-order valence-electron chi connectivity index (χ3n) is 2.97. The maximum absolute atomic E-state index is 11.2. The number of hydrogen-bond acceptors (Lipinski definition) is 2. The van der Waals surface area contributed by atoms with Crippen molar-refractivity contribution in [2.75, 3.05) is 0 Å². The topological polar surface area (TPSA) is 55.1 Å². The first-order valence-electron chi connectivity index (χ1n) is 5.80. The molecule has 0 saturated heterocycles. The summed E-state index contributed by atoms with van der Waals surface area (Å²) in [5, 5.41) is 13.6. The molecule has 0 aliphatic heterocycles. The summed E-state index contributed by atoms with van der Waals surface area (Å²) in [5.41, 5.74) is 3.10. The molecule has 0 saturated carbocycles. The minimum Gasteiger partial charge on any atom is -0.480 e. The fourth-order valence-electron chi connectivity index (χ4n) is 2.14. The van der Waals surface area contributed by atoms with E-state index < -0.39 is 12.0 Å². The zero-order chi connectivity index (χ0) is 12.3. The maximum Gasteiger partial charge on any atom is 0.328 e. The van der Waals surface area contributed by atoms with Gasteiger partial charge in [0.05, 0.1) is 5.69 Å². The van der Waals surface area contributed by atoms with Gasteiger partial charge in [0, 0.05) is 5.69 Å². The summed E-state index contributed by atoms with van der Waals surface area (Å²) >= 11 is 0. The Morgan fingerprint density at radius 3 is 2.44 bits per heavy atom. The molecule has 0 aromatic carbocycles. The van der Waals surface area contributed by atoms with E-state index in [4.69, 9.17) is 0 Å². The molecule has 0 radical (unpaired) electrons. The van der Waals surface area contributed by atoms with Crippen molar-refractivity contribution < 1.29 is 9.90 Å². The summed E-state index contributed by atoms with van der Waals surface area (Å²) in [6, 6.07) is -0.524. The van der Waals surface area contributed by atoms with Crippen molar-refractivity contribution in [3.8, 4) is 0 Å². The van der Waals surface area contributed by atoms with Gasteiger partial charge in [0.25, 0.3) is 0 Å². The molecule has 1 N–H and O–H groups in total. The number of rotatable bonds is 5. The second-order valence-corrected chi connectivity index (χ2v) is 4.09. The first kappa shape index (κ1) is 12.7. The van der Waals surface area contributed by atoms with Crippen molar-refractivity contribution in [3.05, 3.63) is 17.0 Å². The van der Waals surface area contributed by atoms with Crippen LogP contribution in [-0.2, 0) is 11.2 Å². The molecule has 0 fully saturated rings. The van der Waals surface area contributed by atoms with Crippen LogP contribution in [0.3, 0.4) is 0 Å². The van der Waals surface area contributed by atoms with Gasteiger partial charge in [-0.05, 0) is 32.3 Å². The van der Waals surface area contributed by atoms with Crippen LogP contribution >= 0.6 is 0 Å². The zero-order valence-electron chi connectivity index (χ0n) is 10.4. The Morgan fingerprint density at radius 2 is 2.06 bits per heavy atom. The molecule has 0 aliphatic carbocycles. The number of aromatic nitrogens is 2. The molecule has 1 unspecified atom stereocenters. The van der Waals surface area contributed by atoms with Gasteiger partial charge in [-0.1, -0.05) is 20.3 Å². The lowest BCUT2D eigenvalue weighted by Crippen LogP contribution is -2.21. The molecule has 4 nitrogen and oxygen atoms in total. The fourth-order valence-corrected chi connectivity index (χ4v) is 2.14. The fraction of sp³-hybridized carbons (Fsp3) is 0.667. The van der Waals surface area contributed by atoms with Gasteiger partial charge in [-0.25, -0.2) is 4.79 Å². The molecule has 0 amide bonds. The minimum atomic E-state index is -0.796. The smallest absolute Gasteiger partial charge is 0.328 e. The van der Waals surface area contributed by atoms with Gasteiger partial charge in [-0.3, -0.25) is 4.68 Å². The van der Waals surface area contributed by atoms with Crippen LogP contribution in [0.4, 0.5) is 0 Å². The number of carboxylic acids is 1. The van der Waals surface area contributed by atoms with Crippen LogP contribution in [0.25, 0.3) is 0 Å². The molecule has 0 bridgehead atoms. The molecule has 0 spiro atoms. The summed E-state index contributed by atoms with van der Waals surface area (Å²) in [4.78, 5) is 11.2. The van der Waals surface area contributed by atoms with Gasteiger partial charge >= 0.3 is 5.97 Å². The Bertz CT molecular complexity index is 383. The second-order valence-electron chi connectivity index (χ2n) is 4.09. The van der Waals surface area contributed by atoms with Crippen LogP contribution < -0.4 is 0 Å². The highest BCUT2D eigenvalue weighted by molar-refractivity contribution is 5.71. The molecule has 1 atom stereocenters. The Morgan fingerprint density at radius 1 is 1.44 bits per heavy atom. The summed E-state index contributed by atoms with van der Waals surface area (Å²) in [7, 11) is 0. The first-order valence-corrected chi connectivity index (χ1v) is 5.80. The predicted molar refractivity (Wildman–Crippen MR) is 62.7 cm³/mol. The van der Waals surface area contributed by atoms with Gasteiger partial charge in [0.1, 0.15) is 6.04 Å². The Kier molecular flexibility index (Phi) is 4.10. The first-order chi connectivity index (χ1) is 7.52. The predicted octanol–water partition coefficient (Wildman–Crippen LogP) is 2.49. The Balaban J connectivity index is 3.14. The van der Waals surface area contributed by atoms with Crippen molar-refractivity contribution in [2.45, 2.75) is 53.0 Å². The largest absolute Gasteiger partial charge is 0.480 e. The molecule has 1 aromatic heterocycles. The second kappa shape index (κ2) is 5.14. The number of carboxylic acid groups (broad SMARTS) is 1. The number of nitrogens with zero attached hydrogens (tertiary/aromatic N) is 2. The van der Waals surface area contributed by atoms with E-state index in [0.29, 0.717) is 6.42 Å². The Hall–Kier alpha value is -1.32. The van der Waals surface area contributed by atoms with Crippen molar-refractivity contribution in [1.82, 2.24) is 9.78 Å². The highest BCUT2D eigenvalue weighted by atomic mass is 16.4. The summed E-state index contributed by atoms with van der Waals surface area (Å²) in [6.45, 7) is 7.94. The number of aryl methyl sites for hydroxylation is 1. The molecule has 90 valence electrons. The van der Waals surface area contributed by atoms with Crippen LogP contribution in [0.5, 0.6) is 0 Å². The number of hydrogen-bond donors (Lipinski definition) is 1. The van der Waals surface area contributed by atoms with E-state index in [1.54, 1.807) is 4.68 Å². The van der Waals surface area contributed by atoms with E-state index in [-0.39, 0.29) is 0 Å². The van der Waals surface area contributed by atoms with Crippen LogP contribution in [0.15, 0.2) is 0 Å². The highest BCUT2D eigenvalue weighted by Gasteiger charge is 2.23. The van der Waals surface area contributed by atoms with Crippen molar-refractivity contribution >= 4 is 5.97 Å². The van der Waals surface area contributed by atoms with Crippen LogP contribution in [0, 0.1) is 13.8 Å². The van der Waals surface area contributed by atoms with Crippen LogP contribution in [0.1, 0.15) is 49.7 Å². The van der Waals surface area contributed by atoms with Crippen LogP contribution in [0.2, 0.25) is 0 Å². The minimum absolute atomic E-state index is 0.524. The normalized spacial score (nSPS) is 12.8. The van der Waals surface area contributed by atoms with Crippen molar-refractivity contribution in [2.24, 2.45) is 0 Å². The third kappa shape index (κ3) is 2.26. The molecule has 1 heterocycles. The van der Waals surface area contributed by atoms with E-state index >= 15 is 0 Å². The SMILES string of the molecule is CCCC(C(=O)O)n1nc(C)c(CC)c1C. The average molecular weight is 224 g/mol. The monoisotopic (exact) mass is 224 g/mol. The van der Waals surface area contributed by atoms with Gasteiger partial charge < -0.3 is 5.11 Å². The van der Waals surface area contributed by atoms with Crippen LogP contribution in [-0.4, -0.2) is 20.9 Å². The zero-order valence-corrected chi connectivity index (χ0v) is 10.4. The lowest BCUT2D eigenvalue weighted by atomic mass is 10.1. The number of carbonyl (C=O) groups is 1. The molecule has 4 heteroatoms. The third-order valence-corrected chi connectivity index (χ3v) is 2.97. The quantitative estimate of drug-likeness (QED) is 0.836. The molecule has 0 aliphatic rings. The van der Waals surface area contributed by atoms with Crippen molar-refractivity contribution in [3.63, 3.8) is 0 Å².